The number of aromatic nitrogens is 2. The van der Waals surface area contributed by atoms with Gasteiger partial charge in [0.05, 0.1) is 11.3 Å². The van der Waals surface area contributed by atoms with E-state index in [9.17, 15) is 15.2 Å². The van der Waals surface area contributed by atoms with Crippen molar-refractivity contribution in [2.45, 2.75) is 16.8 Å². The Labute approximate surface area is 160 Å². The number of phenols is 1. The molecule has 2 aromatic carbocycles. The van der Waals surface area contributed by atoms with Crippen molar-refractivity contribution >= 4 is 35.0 Å². The highest BCUT2D eigenvalue weighted by Crippen LogP contribution is 2.30. The molecule has 8 heteroatoms. The first-order valence-electron chi connectivity index (χ1n) is 7.92. The molecule has 7 nitrogen and oxygen atoms in total. The van der Waals surface area contributed by atoms with E-state index in [-0.39, 0.29) is 11.7 Å². The van der Waals surface area contributed by atoms with E-state index in [2.05, 4.69) is 26.7 Å². The van der Waals surface area contributed by atoms with E-state index in [1.807, 2.05) is 0 Å². The van der Waals surface area contributed by atoms with Gasteiger partial charge in [0.25, 0.3) is 0 Å². The van der Waals surface area contributed by atoms with Crippen molar-refractivity contribution in [3.05, 3.63) is 60.3 Å². The van der Waals surface area contributed by atoms with E-state index in [4.69, 9.17) is 0 Å². The number of benzene rings is 2. The minimum Gasteiger partial charge on any atom is -0.508 e. The molecule has 1 heterocycles. The van der Waals surface area contributed by atoms with Crippen molar-refractivity contribution in [2.75, 3.05) is 10.6 Å². The number of nitrogens with one attached hydrogen (secondary N) is 2. The molecule has 0 fully saturated rings. The molecule has 0 aliphatic rings. The summed E-state index contributed by atoms with van der Waals surface area (Å²) in [5.41, 5.74) is 1.52. The first-order chi connectivity index (χ1) is 13.0. The standard InChI is InChI=1S/C19H15N5O2S/c1-12(25)22-17-6-5-16(9-13(17)11-20)27-18-7-8-21-19(24-18)23-14-3-2-4-15(26)10-14/h2-10,26H,1H3,(H,22,25)(H,21,23,24). The van der Waals surface area contributed by atoms with Gasteiger partial charge < -0.3 is 15.7 Å². The summed E-state index contributed by atoms with van der Waals surface area (Å²) in [4.78, 5) is 20.6. The number of carbonyl (C=O) groups excluding carboxylic acids is 1. The Balaban J connectivity index is 1.78. The number of anilines is 3. The topological polar surface area (TPSA) is 111 Å². The van der Waals surface area contributed by atoms with E-state index in [0.717, 1.165) is 4.90 Å². The minimum absolute atomic E-state index is 0.147. The van der Waals surface area contributed by atoms with Gasteiger partial charge in [0.15, 0.2) is 0 Å². The third-order valence-electron chi connectivity index (χ3n) is 3.38. The summed E-state index contributed by atoms with van der Waals surface area (Å²) < 4.78 is 0. The summed E-state index contributed by atoms with van der Waals surface area (Å²) in [6.07, 6.45) is 1.62. The molecule has 3 aromatic rings. The third-order valence-corrected chi connectivity index (χ3v) is 4.30. The van der Waals surface area contributed by atoms with E-state index in [0.29, 0.717) is 27.9 Å². The van der Waals surface area contributed by atoms with E-state index >= 15 is 0 Å². The molecule has 0 aliphatic heterocycles. The summed E-state index contributed by atoms with van der Waals surface area (Å²) in [7, 11) is 0. The maximum absolute atomic E-state index is 11.2. The van der Waals surface area contributed by atoms with Gasteiger partial charge in [0.2, 0.25) is 11.9 Å². The largest absolute Gasteiger partial charge is 0.508 e. The minimum atomic E-state index is -0.231. The van der Waals surface area contributed by atoms with Crippen molar-refractivity contribution < 1.29 is 9.90 Å². The smallest absolute Gasteiger partial charge is 0.228 e. The van der Waals surface area contributed by atoms with Gasteiger partial charge in [-0.05, 0) is 36.4 Å². The number of nitriles is 1. The average Bonchev–Trinajstić information content (AvgIpc) is 2.63. The van der Waals surface area contributed by atoms with Gasteiger partial charge in [0, 0.05) is 29.8 Å². The van der Waals surface area contributed by atoms with Crippen molar-refractivity contribution in [2.24, 2.45) is 0 Å². The molecule has 1 amide bonds. The summed E-state index contributed by atoms with van der Waals surface area (Å²) in [6, 6.07) is 15.7. The zero-order valence-electron chi connectivity index (χ0n) is 14.3. The lowest BCUT2D eigenvalue weighted by Crippen LogP contribution is -2.07. The van der Waals surface area contributed by atoms with Gasteiger partial charge in [-0.1, -0.05) is 17.8 Å². The van der Waals surface area contributed by atoms with Crippen molar-refractivity contribution in [3.63, 3.8) is 0 Å². The van der Waals surface area contributed by atoms with Crippen LogP contribution in [0, 0.1) is 11.3 Å². The molecule has 0 atom stereocenters. The SMILES string of the molecule is CC(=O)Nc1ccc(Sc2ccnc(Nc3cccc(O)c3)n2)cc1C#N. The zero-order chi connectivity index (χ0) is 19.2. The quantitative estimate of drug-likeness (QED) is 0.578. The Hall–Kier alpha value is -3.57. The monoisotopic (exact) mass is 377 g/mol. The fourth-order valence-corrected chi connectivity index (χ4v) is 3.09. The van der Waals surface area contributed by atoms with E-state index in [1.165, 1.54) is 18.7 Å². The number of amides is 1. The van der Waals surface area contributed by atoms with Gasteiger partial charge >= 0.3 is 0 Å². The molecule has 3 rings (SSSR count). The van der Waals surface area contributed by atoms with Crippen LogP contribution in [0.4, 0.5) is 17.3 Å². The van der Waals surface area contributed by atoms with Crippen LogP contribution in [0.15, 0.2) is 64.6 Å². The van der Waals surface area contributed by atoms with Gasteiger partial charge in [-0.15, -0.1) is 0 Å². The van der Waals surface area contributed by atoms with Crippen LogP contribution in [-0.4, -0.2) is 21.0 Å². The number of aromatic hydroxyl groups is 1. The summed E-state index contributed by atoms with van der Waals surface area (Å²) >= 11 is 1.37. The van der Waals surface area contributed by atoms with Crippen LogP contribution in [0.1, 0.15) is 12.5 Å². The second-order valence-corrected chi connectivity index (χ2v) is 6.59. The van der Waals surface area contributed by atoms with Crippen molar-refractivity contribution in [3.8, 4) is 11.8 Å². The Kier molecular flexibility index (Phi) is 5.54. The third kappa shape index (κ3) is 4.96. The second kappa shape index (κ2) is 8.21. The van der Waals surface area contributed by atoms with Crippen LogP contribution in [-0.2, 0) is 4.79 Å². The molecular weight excluding hydrogens is 362 g/mol. The summed E-state index contributed by atoms with van der Waals surface area (Å²) in [6.45, 7) is 1.39. The Morgan fingerprint density at radius 2 is 2.07 bits per heavy atom. The van der Waals surface area contributed by atoms with Crippen LogP contribution >= 0.6 is 11.8 Å². The van der Waals surface area contributed by atoms with Gasteiger partial charge in [-0.25, -0.2) is 9.97 Å². The van der Waals surface area contributed by atoms with Crippen LogP contribution in [0.25, 0.3) is 0 Å². The van der Waals surface area contributed by atoms with Gasteiger partial charge in [0.1, 0.15) is 16.8 Å². The average molecular weight is 377 g/mol. The van der Waals surface area contributed by atoms with Crippen LogP contribution in [0.5, 0.6) is 5.75 Å². The lowest BCUT2D eigenvalue weighted by atomic mass is 10.2. The number of carbonyl (C=O) groups is 1. The van der Waals surface area contributed by atoms with Crippen LogP contribution in [0.2, 0.25) is 0 Å². The summed E-state index contributed by atoms with van der Waals surface area (Å²) in [5, 5.41) is 25.2. The Bertz CT molecular complexity index is 1030. The molecule has 0 spiro atoms. The predicted octanol–water partition coefficient (Wildman–Crippen LogP) is 3.91. The molecule has 0 saturated carbocycles. The Morgan fingerprint density at radius 1 is 1.22 bits per heavy atom. The molecule has 134 valence electrons. The maximum Gasteiger partial charge on any atom is 0.228 e. The van der Waals surface area contributed by atoms with E-state index < -0.39 is 0 Å². The highest BCUT2D eigenvalue weighted by atomic mass is 32.2. The number of phenolic OH excluding ortho intramolecular Hbond substituents is 1. The number of hydrogen-bond acceptors (Lipinski definition) is 7. The first kappa shape index (κ1) is 18.2. The molecular formula is C19H15N5O2S. The fourth-order valence-electron chi connectivity index (χ4n) is 2.27. The molecule has 27 heavy (non-hydrogen) atoms. The van der Waals surface area contributed by atoms with Gasteiger partial charge in [-0.2, -0.15) is 5.26 Å². The van der Waals surface area contributed by atoms with Gasteiger partial charge in [-0.3, -0.25) is 4.79 Å². The van der Waals surface area contributed by atoms with E-state index in [1.54, 1.807) is 54.7 Å². The Morgan fingerprint density at radius 3 is 2.81 bits per heavy atom. The molecule has 0 unspecified atom stereocenters. The lowest BCUT2D eigenvalue weighted by molar-refractivity contribution is -0.114. The van der Waals surface area contributed by atoms with Crippen LogP contribution in [0.3, 0.4) is 0 Å². The normalized spacial score (nSPS) is 10.1. The molecule has 0 aliphatic carbocycles. The van der Waals surface area contributed by atoms with Crippen LogP contribution < -0.4 is 10.6 Å². The molecule has 3 N–H and O–H groups in total. The molecule has 0 saturated heterocycles. The first-order valence-corrected chi connectivity index (χ1v) is 8.74. The number of nitrogens with zero attached hydrogens (tertiary/aromatic N) is 3. The van der Waals surface area contributed by atoms with Crippen molar-refractivity contribution in [1.82, 2.24) is 9.97 Å². The predicted molar refractivity (Wildman–Crippen MR) is 103 cm³/mol. The summed E-state index contributed by atoms with van der Waals surface area (Å²) in [5.74, 6) is 0.306. The highest BCUT2D eigenvalue weighted by Gasteiger charge is 2.08. The highest BCUT2D eigenvalue weighted by molar-refractivity contribution is 7.99. The number of hydrogen-bond donors (Lipinski definition) is 3. The zero-order valence-corrected chi connectivity index (χ0v) is 15.1. The maximum atomic E-state index is 11.2. The molecule has 1 aromatic heterocycles. The van der Waals surface area contributed by atoms with Crippen molar-refractivity contribution in [1.29, 1.82) is 5.26 Å². The number of rotatable bonds is 5. The second-order valence-electron chi connectivity index (χ2n) is 5.50. The molecule has 0 bridgehead atoms. The lowest BCUT2D eigenvalue weighted by Gasteiger charge is -2.08. The fraction of sp³-hybridized carbons (Fsp3) is 0.0526. The molecule has 0 radical (unpaired) electrons.